The summed E-state index contributed by atoms with van der Waals surface area (Å²) < 4.78 is 0. The summed E-state index contributed by atoms with van der Waals surface area (Å²) in [6, 6.07) is 8.54. The molecule has 0 radical (unpaired) electrons. The van der Waals surface area contributed by atoms with Gasteiger partial charge in [0.15, 0.2) is 0 Å². The van der Waals surface area contributed by atoms with Crippen molar-refractivity contribution in [1.29, 1.82) is 0 Å². The fourth-order valence-corrected chi connectivity index (χ4v) is 0.955. The molecule has 1 rings (SSSR count). The summed E-state index contributed by atoms with van der Waals surface area (Å²) in [5, 5.41) is 8.52. The Labute approximate surface area is 70.8 Å². The van der Waals surface area contributed by atoms with Crippen molar-refractivity contribution >= 4 is 5.97 Å². The van der Waals surface area contributed by atoms with Crippen LogP contribution in [0.1, 0.15) is 5.56 Å². The number of carboxylic acid groups (broad SMARTS) is 1. The Morgan fingerprint density at radius 1 is 1.42 bits per heavy atom. The summed E-state index contributed by atoms with van der Waals surface area (Å²) in [5.41, 5.74) is 6.30. The lowest BCUT2D eigenvalue weighted by Gasteiger charge is -2.04. The maximum absolute atomic E-state index is 10.4. The summed E-state index contributed by atoms with van der Waals surface area (Å²) in [6.07, 6.45) is 0.385. The van der Waals surface area contributed by atoms with Gasteiger partial charge in [-0.2, -0.15) is 0 Å². The third kappa shape index (κ3) is 2.36. The zero-order chi connectivity index (χ0) is 8.97. The first-order chi connectivity index (χ1) is 5.70. The second-order valence-electron chi connectivity index (χ2n) is 2.63. The standard InChI is InChI=1S/C9H11NO2/c10-8(9(11)12)6-7-4-2-1-3-5-7/h1-5,8H,6,10H2,(H,11,12)/t8-/m0/s1/i6-1. The zero-order valence-electron chi connectivity index (χ0n) is 6.60. The number of benzene rings is 1. The summed E-state index contributed by atoms with van der Waals surface area (Å²) in [4.78, 5) is 10.4. The van der Waals surface area contributed by atoms with Crippen molar-refractivity contribution in [3.05, 3.63) is 35.9 Å². The fraction of sp³-hybridized carbons (Fsp3) is 0.222. The molecule has 0 fully saturated rings. The minimum absolute atomic E-state index is 0.385. The fourth-order valence-electron chi connectivity index (χ4n) is 0.955. The normalized spacial score (nSPS) is 12.4. The summed E-state index contributed by atoms with van der Waals surface area (Å²) in [7, 11) is 0. The van der Waals surface area contributed by atoms with E-state index in [2.05, 4.69) is 0 Å². The van der Waals surface area contributed by atoms with Crippen LogP contribution in [-0.2, 0) is 11.2 Å². The highest BCUT2D eigenvalue weighted by atomic mass is 16.4. The van der Waals surface area contributed by atoms with Gasteiger partial charge in [0, 0.05) is 0 Å². The lowest BCUT2D eigenvalue weighted by Crippen LogP contribution is -2.32. The van der Waals surface area contributed by atoms with E-state index in [1.54, 1.807) is 0 Å². The Morgan fingerprint density at radius 3 is 2.50 bits per heavy atom. The predicted octanol–water partition coefficient (Wildman–Crippen LogP) is 0.641. The van der Waals surface area contributed by atoms with Gasteiger partial charge in [0.05, 0.1) is 0 Å². The summed E-state index contributed by atoms with van der Waals surface area (Å²) in [6.45, 7) is 0. The van der Waals surface area contributed by atoms with Crippen molar-refractivity contribution in [3.63, 3.8) is 0 Å². The van der Waals surface area contributed by atoms with E-state index in [0.717, 1.165) is 5.56 Å². The number of nitrogens with two attached hydrogens (primary N) is 1. The maximum Gasteiger partial charge on any atom is 0.320 e. The molecule has 0 bridgehead atoms. The minimum atomic E-state index is -0.959. The van der Waals surface area contributed by atoms with E-state index in [0.29, 0.717) is 6.42 Å². The lowest BCUT2D eigenvalue weighted by atomic mass is 9.73. The van der Waals surface area contributed by atoms with Crippen molar-refractivity contribution in [2.75, 3.05) is 0 Å². The lowest BCUT2D eigenvalue weighted by molar-refractivity contribution is -0.138. The number of hydrogen-bond donors (Lipinski definition) is 2. The van der Waals surface area contributed by atoms with Crippen LogP contribution in [-0.4, -0.2) is 17.1 Å². The smallest absolute Gasteiger partial charge is 0.320 e. The highest BCUT2D eigenvalue weighted by molar-refractivity contribution is 5.73. The van der Waals surface area contributed by atoms with Gasteiger partial charge < -0.3 is 10.8 Å². The molecule has 3 nitrogen and oxygen atoms in total. The van der Waals surface area contributed by atoms with Crippen LogP contribution in [0, 0.1) is 0 Å². The molecule has 1 aromatic carbocycles. The molecule has 0 aliphatic rings. The van der Waals surface area contributed by atoms with Crippen LogP contribution in [0.4, 0.5) is 0 Å². The first-order valence-corrected chi connectivity index (χ1v) is 3.72. The van der Waals surface area contributed by atoms with Crippen molar-refractivity contribution in [2.45, 2.75) is 12.5 Å². The molecule has 0 aliphatic carbocycles. The Kier molecular flexibility index (Phi) is 2.82. The average Bonchev–Trinajstić information content (AvgIpc) is 2.06. The molecule has 0 saturated carbocycles. The van der Waals surface area contributed by atoms with Gasteiger partial charge in [-0.15, -0.1) is 0 Å². The van der Waals surface area contributed by atoms with E-state index in [9.17, 15) is 4.79 Å². The van der Waals surface area contributed by atoms with E-state index in [1.165, 1.54) is 0 Å². The monoisotopic (exact) mass is 164 g/mol. The van der Waals surface area contributed by atoms with Gasteiger partial charge >= 0.3 is 5.97 Å². The Morgan fingerprint density at radius 2 is 2.00 bits per heavy atom. The molecule has 0 saturated heterocycles. The molecule has 1 atom stereocenters. The second kappa shape index (κ2) is 3.88. The van der Waals surface area contributed by atoms with Crippen LogP contribution in [0.25, 0.3) is 0 Å². The molecular weight excluding hydrogens is 153 g/mol. The molecule has 1 aromatic rings. The zero-order valence-corrected chi connectivity index (χ0v) is 6.60. The number of carboxylic acids is 1. The molecule has 0 aliphatic heterocycles. The van der Waals surface area contributed by atoms with Gasteiger partial charge in [-0.1, -0.05) is 30.3 Å². The molecule has 0 heterocycles. The average molecular weight is 164 g/mol. The molecule has 0 unspecified atom stereocenters. The van der Waals surface area contributed by atoms with Crippen LogP contribution in [0.3, 0.4) is 0 Å². The van der Waals surface area contributed by atoms with E-state index in [-0.39, 0.29) is 0 Å². The van der Waals surface area contributed by atoms with Crippen molar-refractivity contribution in [3.8, 4) is 0 Å². The largest absolute Gasteiger partial charge is 0.480 e. The van der Waals surface area contributed by atoms with Crippen molar-refractivity contribution in [1.82, 2.24) is 0 Å². The molecule has 3 heteroatoms. The van der Waals surface area contributed by atoms with E-state index >= 15 is 0 Å². The first-order valence-electron chi connectivity index (χ1n) is 3.72. The molecule has 64 valence electrons. The molecule has 0 amide bonds. The SMILES string of the molecule is N[C@@H]([11CH2]c1ccccc1)C(=O)O. The highest BCUT2D eigenvalue weighted by Crippen LogP contribution is 2.01. The molecular formula is C9H11NO2. The van der Waals surface area contributed by atoms with Crippen LogP contribution in [0.15, 0.2) is 30.3 Å². The van der Waals surface area contributed by atoms with Crippen LogP contribution < -0.4 is 5.73 Å². The number of rotatable bonds is 3. The predicted molar refractivity (Wildman–Crippen MR) is 45.8 cm³/mol. The van der Waals surface area contributed by atoms with Gasteiger partial charge in [-0.05, 0) is 12.0 Å². The maximum atomic E-state index is 10.4. The number of aliphatic carboxylic acids is 1. The van der Waals surface area contributed by atoms with Crippen LogP contribution >= 0.6 is 0 Å². The first kappa shape index (κ1) is 8.74. The van der Waals surface area contributed by atoms with E-state index in [4.69, 9.17) is 10.8 Å². The van der Waals surface area contributed by atoms with E-state index < -0.39 is 12.0 Å². The van der Waals surface area contributed by atoms with Gasteiger partial charge in [-0.25, -0.2) is 0 Å². The Bertz CT molecular complexity index is 258. The number of hydrogen-bond acceptors (Lipinski definition) is 2. The van der Waals surface area contributed by atoms with E-state index in [1.807, 2.05) is 30.3 Å². The van der Waals surface area contributed by atoms with Crippen molar-refractivity contribution in [2.24, 2.45) is 5.73 Å². The van der Waals surface area contributed by atoms with Crippen LogP contribution in [0.2, 0.25) is 0 Å². The Balaban J connectivity index is 2.58. The quantitative estimate of drug-likeness (QED) is 0.689. The van der Waals surface area contributed by atoms with Gasteiger partial charge in [0.25, 0.3) is 0 Å². The van der Waals surface area contributed by atoms with Crippen LogP contribution in [0.5, 0.6) is 0 Å². The van der Waals surface area contributed by atoms with Gasteiger partial charge in [-0.3, -0.25) is 4.79 Å². The molecule has 3 N–H and O–H groups in total. The molecule has 0 spiro atoms. The summed E-state index contributed by atoms with van der Waals surface area (Å²) >= 11 is 0. The summed E-state index contributed by atoms with van der Waals surface area (Å²) in [5.74, 6) is -0.959. The molecule has 0 aromatic heterocycles. The third-order valence-electron chi connectivity index (χ3n) is 1.62. The number of carbonyl (C=O) groups is 1. The Hall–Kier alpha value is -1.35. The third-order valence-corrected chi connectivity index (χ3v) is 1.62. The second-order valence-corrected chi connectivity index (χ2v) is 2.63. The minimum Gasteiger partial charge on any atom is -0.480 e. The van der Waals surface area contributed by atoms with Gasteiger partial charge in [0.1, 0.15) is 6.04 Å². The van der Waals surface area contributed by atoms with Crippen molar-refractivity contribution < 1.29 is 9.90 Å². The van der Waals surface area contributed by atoms with Gasteiger partial charge in [0.2, 0.25) is 0 Å². The topological polar surface area (TPSA) is 63.3 Å². The molecule has 12 heavy (non-hydrogen) atoms. The highest BCUT2D eigenvalue weighted by Gasteiger charge is 2.10.